The van der Waals surface area contributed by atoms with Crippen molar-refractivity contribution in [2.45, 2.75) is 31.8 Å². The molecule has 2 N–H and O–H groups in total. The van der Waals surface area contributed by atoms with Gasteiger partial charge in [0.1, 0.15) is 5.75 Å². The Labute approximate surface area is 105 Å². The predicted molar refractivity (Wildman–Crippen MR) is 70.7 cm³/mol. The molecule has 2 rings (SSSR count). The van der Waals surface area contributed by atoms with Crippen LogP contribution < -0.4 is 5.32 Å². The standard InChI is InChI=1S/C13H19NO2S/c1-9(8-17(2)16)14-12-7-6-11-10(12)4-3-5-13(11)15/h3-5,9,12,14-15H,6-8H2,1-2H3. The monoisotopic (exact) mass is 253 g/mol. The Morgan fingerprint density at radius 3 is 3.06 bits per heavy atom. The van der Waals surface area contributed by atoms with Gasteiger partial charge in [-0.05, 0) is 37.0 Å². The van der Waals surface area contributed by atoms with Crippen LogP contribution in [-0.2, 0) is 17.2 Å². The van der Waals surface area contributed by atoms with E-state index in [4.69, 9.17) is 0 Å². The summed E-state index contributed by atoms with van der Waals surface area (Å²) in [7, 11) is -0.770. The van der Waals surface area contributed by atoms with Gasteiger partial charge in [0.2, 0.25) is 0 Å². The Balaban J connectivity index is 2.07. The highest BCUT2D eigenvalue weighted by Gasteiger charge is 2.25. The number of rotatable bonds is 4. The summed E-state index contributed by atoms with van der Waals surface area (Å²) in [5.41, 5.74) is 2.26. The fourth-order valence-corrected chi connectivity index (χ4v) is 3.35. The van der Waals surface area contributed by atoms with Gasteiger partial charge < -0.3 is 10.4 Å². The first-order valence-corrected chi connectivity index (χ1v) is 7.67. The molecule has 0 radical (unpaired) electrons. The van der Waals surface area contributed by atoms with Crippen LogP contribution in [0.2, 0.25) is 0 Å². The van der Waals surface area contributed by atoms with Crippen molar-refractivity contribution in [3.8, 4) is 5.75 Å². The minimum Gasteiger partial charge on any atom is -0.508 e. The normalized spacial score (nSPS) is 22.1. The summed E-state index contributed by atoms with van der Waals surface area (Å²) in [6, 6.07) is 6.22. The topological polar surface area (TPSA) is 49.3 Å². The van der Waals surface area contributed by atoms with E-state index in [1.807, 2.05) is 6.07 Å². The average Bonchev–Trinajstić information content (AvgIpc) is 2.62. The summed E-state index contributed by atoms with van der Waals surface area (Å²) >= 11 is 0. The SMILES string of the molecule is CC(CS(C)=O)NC1CCc2c(O)cccc21. The van der Waals surface area contributed by atoms with Crippen LogP contribution in [0, 0.1) is 0 Å². The van der Waals surface area contributed by atoms with Gasteiger partial charge in [-0.25, -0.2) is 0 Å². The zero-order valence-corrected chi connectivity index (χ0v) is 11.1. The number of aromatic hydroxyl groups is 1. The van der Waals surface area contributed by atoms with Gasteiger partial charge in [0.25, 0.3) is 0 Å². The summed E-state index contributed by atoms with van der Waals surface area (Å²) in [4.78, 5) is 0. The number of fused-ring (bicyclic) bond motifs is 1. The smallest absolute Gasteiger partial charge is 0.119 e. The molecule has 0 saturated carbocycles. The Morgan fingerprint density at radius 1 is 1.59 bits per heavy atom. The first kappa shape index (κ1) is 12.6. The van der Waals surface area contributed by atoms with Crippen molar-refractivity contribution >= 4 is 10.8 Å². The highest BCUT2D eigenvalue weighted by atomic mass is 32.2. The third-order valence-corrected chi connectivity index (χ3v) is 4.19. The van der Waals surface area contributed by atoms with Crippen molar-refractivity contribution in [2.24, 2.45) is 0 Å². The van der Waals surface area contributed by atoms with E-state index in [1.54, 1.807) is 12.3 Å². The molecule has 1 aromatic rings. The number of benzene rings is 1. The van der Waals surface area contributed by atoms with Gasteiger partial charge in [0.05, 0.1) is 0 Å². The van der Waals surface area contributed by atoms with Gasteiger partial charge in [-0.3, -0.25) is 4.21 Å². The summed E-state index contributed by atoms with van der Waals surface area (Å²) in [6.45, 7) is 2.06. The van der Waals surface area contributed by atoms with E-state index in [0.29, 0.717) is 11.5 Å². The van der Waals surface area contributed by atoms with Gasteiger partial charge in [-0.2, -0.15) is 0 Å². The number of phenols is 1. The third kappa shape index (κ3) is 2.87. The van der Waals surface area contributed by atoms with Crippen LogP contribution in [0.5, 0.6) is 5.75 Å². The molecule has 0 aromatic heterocycles. The fourth-order valence-electron chi connectivity index (χ4n) is 2.55. The molecule has 0 saturated heterocycles. The van der Waals surface area contributed by atoms with Crippen LogP contribution in [0.25, 0.3) is 0 Å². The van der Waals surface area contributed by atoms with E-state index < -0.39 is 10.8 Å². The molecule has 0 fully saturated rings. The Bertz CT molecular complexity index is 433. The lowest BCUT2D eigenvalue weighted by Crippen LogP contribution is -2.33. The lowest BCUT2D eigenvalue weighted by atomic mass is 10.1. The number of hydrogen-bond acceptors (Lipinski definition) is 3. The Hall–Kier alpha value is -0.870. The van der Waals surface area contributed by atoms with Gasteiger partial charge in [0, 0.05) is 34.9 Å². The van der Waals surface area contributed by atoms with Gasteiger partial charge in [-0.1, -0.05) is 12.1 Å². The molecule has 4 heteroatoms. The molecular weight excluding hydrogens is 234 g/mol. The quantitative estimate of drug-likeness (QED) is 0.859. The number of hydrogen-bond donors (Lipinski definition) is 2. The van der Waals surface area contributed by atoms with Crippen LogP contribution >= 0.6 is 0 Å². The van der Waals surface area contributed by atoms with E-state index in [2.05, 4.69) is 18.3 Å². The summed E-state index contributed by atoms with van der Waals surface area (Å²) in [6.07, 6.45) is 3.65. The molecule has 0 spiro atoms. The van der Waals surface area contributed by atoms with Crippen LogP contribution in [0.3, 0.4) is 0 Å². The van der Waals surface area contributed by atoms with E-state index in [0.717, 1.165) is 18.4 Å². The Morgan fingerprint density at radius 2 is 2.35 bits per heavy atom. The zero-order chi connectivity index (χ0) is 12.4. The van der Waals surface area contributed by atoms with Crippen LogP contribution in [0.1, 0.15) is 30.5 Å². The van der Waals surface area contributed by atoms with Crippen molar-refractivity contribution in [3.05, 3.63) is 29.3 Å². The maximum Gasteiger partial charge on any atom is 0.119 e. The van der Waals surface area contributed by atoms with Crippen molar-refractivity contribution in [2.75, 3.05) is 12.0 Å². The molecule has 94 valence electrons. The number of nitrogens with one attached hydrogen (secondary N) is 1. The van der Waals surface area contributed by atoms with Gasteiger partial charge in [0.15, 0.2) is 0 Å². The van der Waals surface area contributed by atoms with Crippen molar-refractivity contribution in [1.82, 2.24) is 5.32 Å². The second-order valence-electron chi connectivity index (χ2n) is 4.74. The Kier molecular flexibility index (Phi) is 3.84. The average molecular weight is 253 g/mol. The molecule has 0 amide bonds. The lowest BCUT2D eigenvalue weighted by molar-refractivity contribution is 0.469. The molecular formula is C13H19NO2S. The van der Waals surface area contributed by atoms with Crippen molar-refractivity contribution in [1.29, 1.82) is 0 Å². The third-order valence-electron chi connectivity index (χ3n) is 3.22. The van der Waals surface area contributed by atoms with E-state index in [1.165, 1.54) is 5.56 Å². The number of phenolic OH excluding ortho intramolecular Hbond substituents is 1. The van der Waals surface area contributed by atoms with Crippen molar-refractivity contribution in [3.63, 3.8) is 0 Å². The second kappa shape index (κ2) is 5.19. The predicted octanol–water partition coefficient (Wildman–Crippen LogP) is 1.74. The van der Waals surface area contributed by atoms with Crippen LogP contribution in [0.4, 0.5) is 0 Å². The highest BCUT2D eigenvalue weighted by Crippen LogP contribution is 2.36. The second-order valence-corrected chi connectivity index (χ2v) is 6.22. The highest BCUT2D eigenvalue weighted by molar-refractivity contribution is 7.84. The summed E-state index contributed by atoms with van der Waals surface area (Å²) in [5.74, 6) is 1.07. The fraction of sp³-hybridized carbons (Fsp3) is 0.538. The largest absolute Gasteiger partial charge is 0.508 e. The summed E-state index contributed by atoms with van der Waals surface area (Å²) < 4.78 is 11.2. The molecule has 3 atom stereocenters. The molecule has 1 aliphatic rings. The molecule has 0 bridgehead atoms. The van der Waals surface area contributed by atoms with Crippen LogP contribution in [0.15, 0.2) is 18.2 Å². The lowest BCUT2D eigenvalue weighted by Gasteiger charge is -2.19. The van der Waals surface area contributed by atoms with Gasteiger partial charge in [-0.15, -0.1) is 0 Å². The van der Waals surface area contributed by atoms with E-state index in [-0.39, 0.29) is 12.1 Å². The molecule has 3 unspecified atom stereocenters. The van der Waals surface area contributed by atoms with Crippen LogP contribution in [-0.4, -0.2) is 27.4 Å². The summed E-state index contributed by atoms with van der Waals surface area (Å²) in [5, 5.41) is 13.2. The molecule has 17 heavy (non-hydrogen) atoms. The van der Waals surface area contributed by atoms with Crippen molar-refractivity contribution < 1.29 is 9.32 Å². The molecule has 0 aliphatic heterocycles. The molecule has 0 heterocycles. The zero-order valence-electron chi connectivity index (χ0n) is 10.3. The maximum atomic E-state index is 11.2. The molecule has 1 aromatic carbocycles. The van der Waals surface area contributed by atoms with Gasteiger partial charge >= 0.3 is 0 Å². The minimum absolute atomic E-state index is 0.235. The first-order chi connectivity index (χ1) is 8.08. The first-order valence-electron chi connectivity index (χ1n) is 5.94. The minimum atomic E-state index is -0.770. The molecule has 1 aliphatic carbocycles. The maximum absolute atomic E-state index is 11.2. The molecule has 3 nitrogen and oxygen atoms in total. The van der Waals surface area contributed by atoms with E-state index in [9.17, 15) is 9.32 Å². The van der Waals surface area contributed by atoms with E-state index >= 15 is 0 Å².